The molecule has 1 N–H and O–H groups in total. The molecule has 78 valence electrons. The van der Waals surface area contributed by atoms with Crippen LogP contribution in [0.5, 0.6) is 0 Å². The van der Waals surface area contributed by atoms with Crippen molar-refractivity contribution in [1.29, 1.82) is 0 Å². The first kappa shape index (κ1) is 11.0. The summed E-state index contributed by atoms with van der Waals surface area (Å²) in [5.74, 6) is 0.799. The smallest absolute Gasteiger partial charge is 0.0117 e. The summed E-state index contributed by atoms with van der Waals surface area (Å²) in [7, 11) is 2.09. The summed E-state index contributed by atoms with van der Waals surface area (Å²) < 4.78 is 0. The van der Waals surface area contributed by atoms with Gasteiger partial charge in [-0.3, -0.25) is 0 Å². The Labute approximate surface area is 82.7 Å². The van der Waals surface area contributed by atoms with Gasteiger partial charge in [-0.05, 0) is 39.3 Å². The predicted octanol–water partition coefficient (Wildman–Crippen LogP) is 1.71. The summed E-state index contributed by atoms with van der Waals surface area (Å²) in [6.07, 6.45) is 2.58. The van der Waals surface area contributed by atoms with E-state index in [9.17, 15) is 0 Å². The zero-order valence-electron chi connectivity index (χ0n) is 9.51. The summed E-state index contributed by atoms with van der Waals surface area (Å²) in [6, 6.07) is 1.48. The molecule has 13 heavy (non-hydrogen) atoms. The van der Waals surface area contributed by atoms with Crippen LogP contribution in [-0.2, 0) is 0 Å². The third-order valence-electron chi connectivity index (χ3n) is 3.31. The highest BCUT2D eigenvalue weighted by Gasteiger charge is 2.28. The molecule has 3 unspecified atom stereocenters. The van der Waals surface area contributed by atoms with Crippen molar-refractivity contribution in [2.75, 3.05) is 20.1 Å². The molecular formula is C11H24N2. The number of nitrogens with one attached hydrogen (secondary N) is 1. The Morgan fingerprint density at radius 2 is 2.08 bits per heavy atom. The molecule has 0 bridgehead atoms. The first-order valence-electron chi connectivity index (χ1n) is 5.60. The highest BCUT2D eigenvalue weighted by Crippen LogP contribution is 2.21. The second kappa shape index (κ2) is 4.97. The van der Waals surface area contributed by atoms with E-state index in [1.165, 1.54) is 25.9 Å². The van der Waals surface area contributed by atoms with Crippen LogP contribution in [0.1, 0.15) is 33.6 Å². The summed E-state index contributed by atoms with van der Waals surface area (Å²) in [5.41, 5.74) is 0. The van der Waals surface area contributed by atoms with Crippen LogP contribution < -0.4 is 5.32 Å². The lowest BCUT2D eigenvalue weighted by Gasteiger charge is -2.41. The van der Waals surface area contributed by atoms with Crippen LogP contribution in [-0.4, -0.2) is 37.1 Å². The van der Waals surface area contributed by atoms with E-state index in [1.807, 2.05) is 0 Å². The van der Waals surface area contributed by atoms with Crippen molar-refractivity contribution in [3.8, 4) is 0 Å². The van der Waals surface area contributed by atoms with Gasteiger partial charge in [0.2, 0.25) is 0 Å². The second-order valence-corrected chi connectivity index (χ2v) is 4.45. The van der Waals surface area contributed by atoms with Gasteiger partial charge in [0.05, 0.1) is 0 Å². The lowest BCUT2D eigenvalue weighted by molar-refractivity contribution is 0.0985. The molecule has 0 saturated carbocycles. The summed E-state index contributed by atoms with van der Waals surface area (Å²) in [4.78, 5) is 2.62. The van der Waals surface area contributed by atoms with Gasteiger partial charge < -0.3 is 10.2 Å². The Morgan fingerprint density at radius 1 is 1.38 bits per heavy atom. The van der Waals surface area contributed by atoms with Crippen molar-refractivity contribution in [2.24, 2.45) is 5.92 Å². The average molecular weight is 184 g/mol. The SMILES string of the molecule is CCCN1CC(C)C(NC)CC1C. The molecule has 0 aromatic carbocycles. The maximum atomic E-state index is 3.42. The Bertz CT molecular complexity index is 147. The van der Waals surface area contributed by atoms with E-state index in [1.54, 1.807) is 0 Å². The van der Waals surface area contributed by atoms with Crippen LogP contribution in [0.25, 0.3) is 0 Å². The topological polar surface area (TPSA) is 15.3 Å². The summed E-state index contributed by atoms with van der Waals surface area (Å²) in [5, 5.41) is 3.42. The molecule has 1 aliphatic heterocycles. The number of hydrogen-bond donors (Lipinski definition) is 1. The lowest BCUT2D eigenvalue weighted by atomic mass is 9.89. The molecule has 1 heterocycles. The van der Waals surface area contributed by atoms with Crippen molar-refractivity contribution >= 4 is 0 Å². The number of rotatable bonds is 3. The van der Waals surface area contributed by atoms with E-state index in [0.717, 1.165) is 18.0 Å². The van der Waals surface area contributed by atoms with Crippen LogP contribution in [0, 0.1) is 5.92 Å². The van der Waals surface area contributed by atoms with Crippen LogP contribution in [0.3, 0.4) is 0 Å². The van der Waals surface area contributed by atoms with Crippen LogP contribution in [0.15, 0.2) is 0 Å². The molecule has 0 spiro atoms. The number of hydrogen-bond acceptors (Lipinski definition) is 2. The number of piperidine rings is 1. The van der Waals surface area contributed by atoms with E-state index >= 15 is 0 Å². The van der Waals surface area contributed by atoms with Crippen LogP contribution in [0.4, 0.5) is 0 Å². The number of nitrogens with zero attached hydrogens (tertiary/aromatic N) is 1. The molecule has 0 aliphatic carbocycles. The normalized spacial score (nSPS) is 36.5. The molecule has 0 aromatic rings. The third kappa shape index (κ3) is 2.68. The van der Waals surface area contributed by atoms with Crippen molar-refractivity contribution in [2.45, 2.75) is 45.7 Å². The van der Waals surface area contributed by atoms with Crippen molar-refractivity contribution < 1.29 is 0 Å². The first-order chi connectivity index (χ1) is 6.19. The quantitative estimate of drug-likeness (QED) is 0.718. The van der Waals surface area contributed by atoms with Gasteiger partial charge in [-0.15, -0.1) is 0 Å². The van der Waals surface area contributed by atoms with Crippen LogP contribution in [0.2, 0.25) is 0 Å². The van der Waals surface area contributed by atoms with Gasteiger partial charge in [0.25, 0.3) is 0 Å². The maximum Gasteiger partial charge on any atom is 0.0117 e. The van der Waals surface area contributed by atoms with E-state index in [0.29, 0.717) is 0 Å². The lowest BCUT2D eigenvalue weighted by Crippen LogP contribution is -2.51. The van der Waals surface area contributed by atoms with E-state index < -0.39 is 0 Å². The molecule has 0 aromatic heterocycles. The second-order valence-electron chi connectivity index (χ2n) is 4.45. The Kier molecular flexibility index (Phi) is 4.20. The molecular weight excluding hydrogens is 160 g/mol. The highest BCUT2D eigenvalue weighted by atomic mass is 15.2. The van der Waals surface area contributed by atoms with E-state index in [4.69, 9.17) is 0 Å². The summed E-state index contributed by atoms with van der Waals surface area (Å²) >= 11 is 0. The highest BCUT2D eigenvalue weighted by molar-refractivity contribution is 4.86. The predicted molar refractivity (Wildman–Crippen MR) is 58.0 cm³/mol. The fourth-order valence-electron chi connectivity index (χ4n) is 2.43. The molecule has 1 rings (SSSR count). The maximum absolute atomic E-state index is 3.42. The molecule has 2 nitrogen and oxygen atoms in total. The zero-order chi connectivity index (χ0) is 9.84. The van der Waals surface area contributed by atoms with Crippen molar-refractivity contribution in [3.05, 3.63) is 0 Å². The Morgan fingerprint density at radius 3 is 2.62 bits per heavy atom. The molecule has 1 aliphatic rings. The van der Waals surface area contributed by atoms with E-state index in [-0.39, 0.29) is 0 Å². The largest absolute Gasteiger partial charge is 0.317 e. The summed E-state index contributed by atoms with van der Waals surface area (Å²) in [6.45, 7) is 9.51. The van der Waals surface area contributed by atoms with Gasteiger partial charge in [0.15, 0.2) is 0 Å². The van der Waals surface area contributed by atoms with E-state index in [2.05, 4.69) is 38.0 Å². The van der Waals surface area contributed by atoms with Gasteiger partial charge in [-0.2, -0.15) is 0 Å². The first-order valence-corrected chi connectivity index (χ1v) is 5.60. The van der Waals surface area contributed by atoms with Crippen molar-refractivity contribution in [1.82, 2.24) is 10.2 Å². The fraction of sp³-hybridized carbons (Fsp3) is 1.00. The minimum Gasteiger partial charge on any atom is -0.317 e. The monoisotopic (exact) mass is 184 g/mol. The third-order valence-corrected chi connectivity index (χ3v) is 3.31. The number of likely N-dealkylation sites (tertiary alicyclic amines) is 1. The molecule has 2 heteroatoms. The van der Waals surface area contributed by atoms with Gasteiger partial charge in [-0.25, -0.2) is 0 Å². The standard InChI is InChI=1S/C11H24N2/c1-5-6-13-8-9(2)11(12-4)7-10(13)3/h9-12H,5-8H2,1-4H3. The molecule has 1 saturated heterocycles. The van der Waals surface area contributed by atoms with Crippen molar-refractivity contribution in [3.63, 3.8) is 0 Å². The van der Waals surface area contributed by atoms with Gasteiger partial charge in [0, 0.05) is 18.6 Å². The minimum absolute atomic E-state index is 0.725. The fourth-order valence-corrected chi connectivity index (χ4v) is 2.43. The van der Waals surface area contributed by atoms with Gasteiger partial charge >= 0.3 is 0 Å². The molecule has 0 amide bonds. The zero-order valence-corrected chi connectivity index (χ0v) is 9.51. The van der Waals surface area contributed by atoms with Crippen LogP contribution >= 0.6 is 0 Å². The molecule has 1 fully saturated rings. The molecule has 3 atom stereocenters. The average Bonchev–Trinajstić information content (AvgIpc) is 2.11. The van der Waals surface area contributed by atoms with Gasteiger partial charge in [-0.1, -0.05) is 13.8 Å². The molecule has 0 radical (unpaired) electrons. The Balaban J connectivity index is 2.46. The minimum atomic E-state index is 0.725. The Hall–Kier alpha value is -0.0800. The van der Waals surface area contributed by atoms with Gasteiger partial charge in [0.1, 0.15) is 0 Å².